The number of benzene rings is 1. The number of hydrogen-bond donors (Lipinski definition) is 3. The summed E-state index contributed by atoms with van der Waals surface area (Å²) in [6.45, 7) is 2.91. The molecule has 2 atom stereocenters. The van der Waals surface area contributed by atoms with Crippen molar-refractivity contribution in [3.8, 4) is 16.8 Å². The normalized spacial score (nSPS) is 20.5. The number of alkyl halides is 1. The van der Waals surface area contributed by atoms with Crippen LogP contribution in [-0.2, 0) is 0 Å². The molecule has 3 aromatic rings. The molecular formula is C24H26F2N6O. The lowest BCUT2D eigenvalue weighted by Gasteiger charge is -2.28. The van der Waals surface area contributed by atoms with Crippen molar-refractivity contribution in [2.45, 2.75) is 44.4 Å². The summed E-state index contributed by atoms with van der Waals surface area (Å²) in [6, 6.07) is 4.71. The molecule has 1 aliphatic heterocycles. The third-order valence-electron chi connectivity index (χ3n) is 6.11. The molecule has 9 heteroatoms. The molecule has 2 fully saturated rings. The zero-order valence-corrected chi connectivity index (χ0v) is 18.3. The standard InChI is InChI=1S/C24H26F2N6O/c1-14-6-21(25)20(24(33)31-16-2-3-16)8-19(14)15-9-29-32(13-15)18-7-17(10-28-11-18)30-23-4-5-27-12-22(23)26/h6-11,13,16,22-23,27,30H,2-5,12H2,1H3,(H,31,33)/t22-,23+/m1/s1. The van der Waals surface area contributed by atoms with Gasteiger partial charge < -0.3 is 16.0 Å². The molecule has 3 N–H and O–H groups in total. The van der Waals surface area contributed by atoms with E-state index in [9.17, 15) is 13.6 Å². The molecule has 33 heavy (non-hydrogen) atoms. The Bertz CT molecular complexity index is 1180. The fourth-order valence-electron chi connectivity index (χ4n) is 4.08. The van der Waals surface area contributed by atoms with Crippen LogP contribution in [0.5, 0.6) is 0 Å². The largest absolute Gasteiger partial charge is 0.378 e. The second-order valence-electron chi connectivity index (χ2n) is 8.76. The highest BCUT2D eigenvalue weighted by atomic mass is 19.1. The van der Waals surface area contributed by atoms with E-state index in [4.69, 9.17) is 0 Å². The minimum absolute atomic E-state index is 0.0332. The average molecular weight is 453 g/mol. The van der Waals surface area contributed by atoms with E-state index in [0.29, 0.717) is 24.2 Å². The predicted octanol–water partition coefficient (Wildman–Crippen LogP) is 3.39. The minimum atomic E-state index is -0.966. The summed E-state index contributed by atoms with van der Waals surface area (Å²) >= 11 is 0. The number of aromatic nitrogens is 3. The number of amides is 1. The number of nitrogens with one attached hydrogen (secondary N) is 3. The van der Waals surface area contributed by atoms with Crippen LogP contribution in [-0.4, -0.2) is 52.0 Å². The molecule has 3 heterocycles. The first kappa shape index (κ1) is 21.5. The number of halogens is 2. The van der Waals surface area contributed by atoms with Crippen LogP contribution in [0.15, 0.2) is 43.0 Å². The fraction of sp³-hybridized carbons (Fsp3) is 0.375. The Balaban J connectivity index is 1.39. The summed E-state index contributed by atoms with van der Waals surface area (Å²) in [5.41, 5.74) is 3.67. The van der Waals surface area contributed by atoms with Gasteiger partial charge in [0.15, 0.2) is 0 Å². The molecule has 7 nitrogen and oxygen atoms in total. The first-order valence-corrected chi connectivity index (χ1v) is 11.2. The minimum Gasteiger partial charge on any atom is -0.378 e. The molecule has 0 spiro atoms. The summed E-state index contributed by atoms with van der Waals surface area (Å²) in [5.74, 6) is -0.926. The quantitative estimate of drug-likeness (QED) is 0.534. The van der Waals surface area contributed by atoms with E-state index in [1.54, 1.807) is 36.3 Å². The first-order valence-electron chi connectivity index (χ1n) is 11.2. The average Bonchev–Trinajstić information content (AvgIpc) is 3.47. The lowest BCUT2D eigenvalue weighted by Crippen LogP contribution is -2.45. The van der Waals surface area contributed by atoms with Crippen molar-refractivity contribution in [3.05, 3.63) is 59.9 Å². The van der Waals surface area contributed by atoms with Crippen LogP contribution in [0.2, 0.25) is 0 Å². The smallest absolute Gasteiger partial charge is 0.254 e. The van der Waals surface area contributed by atoms with E-state index in [1.807, 2.05) is 12.3 Å². The van der Waals surface area contributed by atoms with Crippen molar-refractivity contribution in [2.24, 2.45) is 0 Å². The van der Waals surface area contributed by atoms with Crippen LogP contribution in [0.3, 0.4) is 0 Å². The van der Waals surface area contributed by atoms with Gasteiger partial charge in [-0.15, -0.1) is 0 Å². The van der Waals surface area contributed by atoms with E-state index in [-0.39, 0.29) is 17.6 Å². The fourth-order valence-corrected chi connectivity index (χ4v) is 4.08. The van der Waals surface area contributed by atoms with Gasteiger partial charge in [0.2, 0.25) is 0 Å². The SMILES string of the molecule is Cc1cc(F)c(C(=O)NC2CC2)cc1-c1cnn(-c2cncc(N[C@H]3CCNC[C@H]3F)c2)c1. The number of rotatable bonds is 6. The molecule has 1 aromatic carbocycles. The van der Waals surface area contributed by atoms with Crippen LogP contribution < -0.4 is 16.0 Å². The first-order chi connectivity index (χ1) is 16.0. The van der Waals surface area contributed by atoms with Crippen molar-refractivity contribution in [3.63, 3.8) is 0 Å². The molecule has 1 amide bonds. The molecule has 0 unspecified atom stereocenters. The number of pyridine rings is 1. The number of hydrogen-bond acceptors (Lipinski definition) is 5. The lowest BCUT2D eigenvalue weighted by atomic mass is 9.99. The van der Waals surface area contributed by atoms with E-state index in [2.05, 4.69) is 26.0 Å². The summed E-state index contributed by atoms with van der Waals surface area (Å²) in [7, 11) is 0. The third-order valence-corrected chi connectivity index (χ3v) is 6.11. The predicted molar refractivity (Wildman–Crippen MR) is 122 cm³/mol. The Morgan fingerprint density at radius 1 is 1.18 bits per heavy atom. The second kappa shape index (κ2) is 8.90. The number of piperidine rings is 1. The Morgan fingerprint density at radius 3 is 2.82 bits per heavy atom. The highest BCUT2D eigenvalue weighted by Crippen LogP contribution is 2.28. The van der Waals surface area contributed by atoms with E-state index in [0.717, 1.165) is 36.2 Å². The summed E-state index contributed by atoms with van der Waals surface area (Å²) in [6.07, 6.45) is 8.42. The van der Waals surface area contributed by atoms with Crippen LogP contribution in [0.25, 0.3) is 16.8 Å². The molecule has 2 aliphatic rings. The maximum absolute atomic E-state index is 14.5. The number of nitrogens with zero attached hydrogens (tertiary/aromatic N) is 3. The number of carbonyl (C=O) groups excluding carboxylic acids is 1. The number of aryl methyl sites for hydroxylation is 1. The van der Waals surface area contributed by atoms with Crippen molar-refractivity contribution in [1.29, 1.82) is 0 Å². The van der Waals surface area contributed by atoms with Crippen molar-refractivity contribution in [2.75, 3.05) is 18.4 Å². The van der Waals surface area contributed by atoms with Gasteiger partial charge >= 0.3 is 0 Å². The third kappa shape index (κ3) is 4.73. The summed E-state index contributed by atoms with van der Waals surface area (Å²) in [4.78, 5) is 16.7. The zero-order valence-electron chi connectivity index (χ0n) is 18.3. The molecule has 5 rings (SSSR count). The van der Waals surface area contributed by atoms with Crippen molar-refractivity contribution in [1.82, 2.24) is 25.4 Å². The topological polar surface area (TPSA) is 83.9 Å². The Hall–Kier alpha value is -3.33. The Morgan fingerprint density at radius 2 is 2.03 bits per heavy atom. The molecule has 172 valence electrons. The molecule has 0 bridgehead atoms. The highest BCUT2D eigenvalue weighted by Gasteiger charge is 2.26. The lowest BCUT2D eigenvalue weighted by molar-refractivity contribution is 0.0947. The summed E-state index contributed by atoms with van der Waals surface area (Å²) in [5, 5.41) is 13.5. The monoisotopic (exact) mass is 452 g/mol. The van der Waals surface area contributed by atoms with E-state index in [1.165, 1.54) is 6.07 Å². The van der Waals surface area contributed by atoms with Gasteiger partial charge in [-0.1, -0.05) is 0 Å². The van der Waals surface area contributed by atoms with Gasteiger partial charge in [0.1, 0.15) is 12.0 Å². The van der Waals surface area contributed by atoms with Gasteiger partial charge in [-0.3, -0.25) is 9.78 Å². The van der Waals surface area contributed by atoms with Gasteiger partial charge in [-0.25, -0.2) is 13.5 Å². The molecule has 2 aromatic heterocycles. The Labute approximate surface area is 190 Å². The molecule has 1 aliphatic carbocycles. The van der Waals surface area contributed by atoms with Gasteiger partial charge in [0, 0.05) is 24.3 Å². The molecular weight excluding hydrogens is 426 g/mol. The number of anilines is 1. The van der Waals surface area contributed by atoms with Crippen LogP contribution >= 0.6 is 0 Å². The van der Waals surface area contributed by atoms with Gasteiger partial charge in [0.05, 0.1) is 41.6 Å². The maximum Gasteiger partial charge on any atom is 0.254 e. The van der Waals surface area contributed by atoms with E-state index >= 15 is 0 Å². The maximum atomic E-state index is 14.5. The van der Waals surface area contributed by atoms with Gasteiger partial charge in [0.25, 0.3) is 5.91 Å². The summed E-state index contributed by atoms with van der Waals surface area (Å²) < 4.78 is 30.3. The molecule has 1 saturated carbocycles. The van der Waals surface area contributed by atoms with Crippen molar-refractivity contribution >= 4 is 11.6 Å². The Kier molecular flexibility index (Phi) is 5.80. The number of carbonyl (C=O) groups is 1. The van der Waals surface area contributed by atoms with Crippen molar-refractivity contribution < 1.29 is 13.6 Å². The molecule has 0 radical (unpaired) electrons. The van der Waals surface area contributed by atoms with Gasteiger partial charge in [-0.2, -0.15) is 5.10 Å². The zero-order chi connectivity index (χ0) is 22.9. The highest BCUT2D eigenvalue weighted by molar-refractivity contribution is 5.96. The molecule has 1 saturated heterocycles. The van der Waals surface area contributed by atoms with Crippen LogP contribution in [0.1, 0.15) is 35.2 Å². The van der Waals surface area contributed by atoms with Crippen LogP contribution in [0, 0.1) is 12.7 Å². The van der Waals surface area contributed by atoms with Crippen LogP contribution in [0.4, 0.5) is 14.5 Å². The van der Waals surface area contributed by atoms with E-state index < -0.39 is 17.9 Å². The van der Waals surface area contributed by atoms with Gasteiger partial charge in [-0.05, 0) is 62.1 Å². The second-order valence-corrected chi connectivity index (χ2v) is 8.76.